The Morgan fingerprint density at radius 1 is 0.429 bits per heavy atom. The van der Waals surface area contributed by atoms with Crippen LogP contribution in [0.3, 0.4) is 0 Å². The third-order valence-corrected chi connectivity index (χ3v) is 12.9. The molecule has 5 aromatic carbocycles. The van der Waals surface area contributed by atoms with Crippen LogP contribution in [0.2, 0.25) is 0 Å². The molecule has 0 fully saturated rings. The Morgan fingerprint density at radius 3 is 1.57 bits per heavy atom. The van der Waals surface area contributed by atoms with Crippen molar-refractivity contribution in [3.63, 3.8) is 0 Å². The maximum absolute atomic E-state index is 8.86. The predicted octanol–water partition coefficient (Wildman–Crippen LogP) is 18.9. The summed E-state index contributed by atoms with van der Waals surface area (Å²) in [7, 11) is 0. The zero-order valence-electron chi connectivity index (χ0n) is 42.7. The van der Waals surface area contributed by atoms with Crippen molar-refractivity contribution in [2.45, 2.75) is 104 Å². The van der Waals surface area contributed by atoms with Crippen LogP contribution in [0.25, 0.3) is 60.8 Å². The van der Waals surface area contributed by atoms with Crippen LogP contribution < -0.4 is 0 Å². The van der Waals surface area contributed by atoms with E-state index in [9.17, 15) is 0 Å². The van der Waals surface area contributed by atoms with Crippen LogP contribution in [-0.2, 0) is 0 Å². The number of aromatic nitrogens is 5. The summed E-state index contributed by atoms with van der Waals surface area (Å²) in [5, 5.41) is 26.4. The highest BCUT2D eigenvalue weighted by atomic mass is 32.1. The van der Waals surface area contributed by atoms with Crippen LogP contribution in [0.5, 0.6) is 0 Å². The summed E-state index contributed by atoms with van der Waals surface area (Å²) in [6.45, 7) is 43.7. The molecule has 0 amide bonds. The van der Waals surface area contributed by atoms with Crippen molar-refractivity contribution in [1.29, 1.82) is 15.8 Å². The third-order valence-electron chi connectivity index (χ3n) is 8.78. The average molecular weight is 1020 g/mol. The van der Waals surface area contributed by atoms with Crippen molar-refractivity contribution in [3.8, 4) is 18.2 Å². The Balaban J connectivity index is 0.000000418. The van der Waals surface area contributed by atoms with Gasteiger partial charge in [-0.05, 0) is 99.3 Å². The summed E-state index contributed by atoms with van der Waals surface area (Å²) in [6.07, 6.45) is 0. The standard InChI is InChI=1S/5C9H6N2S.5C2H6/c1-6-3-7(10-2)9-8(4-6)12-5-11-9;1-6-2-8-9(12-5-11-8)3-7(6)4-10;1-6-2-7(4-10)9-8(3-6)11-5-12-9;1-6-3-4-7-9(8(6)10-2)11-5-12-7;1-6-2-3-8-9(7(6)4-10)12-5-11-8;5*1-2/h3-5H,1H3;2*2-3,5H,1H3;3-5H,1H3;2-3,5H,1H3;5*1-2H3. The number of aryl methyl sites for hydroxylation is 5. The van der Waals surface area contributed by atoms with Gasteiger partial charge in [0.1, 0.15) is 12.1 Å². The maximum atomic E-state index is 8.86. The molecule has 70 heavy (non-hydrogen) atoms. The van der Waals surface area contributed by atoms with Gasteiger partial charge < -0.3 is 0 Å². The van der Waals surface area contributed by atoms with E-state index in [1.807, 2.05) is 158 Å². The molecule has 0 saturated carbocycles. The van der Waals surface area contributed by atoms with Crippen molar-refractivity contribution >= 4 is 119 Å². The Morgan fingerprint density at radius 2 is 0.957 bits per heavy atom. The summed E-state index contributed by atoms with van der Waals surface area (Å²) in [6, 6.07) is 26.0. The van der Waals surface area contributed by atoms with E-state index < -0.39 is 0 Å². The Bertz CT molecular complexity index is 3190. The van der Waals surface area contributed by atoms with Gasteiger partial charge in [0, 0.05) is 9.40 Å². The van der Waals surface area contributed by atoms with E-state index in [4.69, 9.17) is 28.9 Å². The molecule has 0 aliphatic heterocycles. The molecule has 10 rings (SSSR count). The number of benzene rings is 5. The fraction of sp³-hybridized carbons (Fsp3) is 0.273. The molecule has 0 radical (unpaired) electrons. The first kappa shape index (κ1) is 61.0. The molecule has 0 aliphatic carbocycles. The lowest BCUT2D eigenvalue weighted by Crippen LogP contribution is -1.81. The molecule has 0 spiro atoms. The SMILES string of the molecule is CC.CC.CC.CC.CC.Cc1cc(C#N)c2scnc2c1.Cc1cc2ncsc2cc1C#N.Cc1ccc2ncsc2c1C#N.[C-]#[N+]c1c(C)ccc2scnc12.[C-]#[N+]c1cc(C)cc2scnc12. The van der Waals surface area contributed by atoms with Crippen molar-refractivity contribution in [2.75, 3.05) is 0 Å². The molecule has 5 heterocycles. The summed E-state index contributed by atoms with van der Waals surface area (Å²) in [4.78, 5) is 27.6. The van der Waals surface area contributed by atoms with Crippen LogP contribution in [-0.4, -0.2) is 24.9 Å². The molecule has 0 saturated heterocycles. The molecule has 360 valence electrons. The fourth-order valence-corrected chi connectivity index (χ4v) is 9.56. The maximum Gasteiger partial charge on any atom is 0.216 e. The minimum Gasteiger partial charge on any atom is -0.256 e. The fourth-order valence-electron chi connectivity index (χ4n) is 5.81. The first-order valence-electron chi connectivity index (χ1n) is 22.7. The van der Waals surface area contributed by atoms with Gasteiger partial charge in [0.2, 0.25) is 11.4 Å². The molecular weight excluding hydrogens is 961 g/mol. The first-order chi connectivity index (χ1) is 34.1. The van der Waals surface area contributed by atoms with E-state index in [0.29, 0.717) is 11.4 Å². The molecular formula is C55H60N10S5. The Hall–Kier alpha value is -7.00. The molecule has 0 bridgehead atoms. The second-order valence-electron chi connectivity index (χ2n) is 12.9. The van der Waals surface area contributed by atoms with Crippen LogP contribution in [0.1, 0.15) is 114 Å². The van der Waals surface area contributed by atoms with Gasteiger partial charge in [-0.15, -0.1) is 56.7 Å². The summed E-state index contributed by atoms with van der Waals surface area (Å²) in [5.41, 5.74) is 22.2. The van der Waals surface area contributed by atoms with Crippen molar-refractivity contribution in [1.82, 2.24) is 24.9 Å². The molecule has 15 heteroatoms. The van der Waals surface area contributed by atoms with Gasteiger partial charge in [-0.3, -0.25) is 9.97 Å². The van der Waals surface area contributed by atoms with E-state index in [1.165, 1.54) is 22.7 Å². The van der Waals surface area contributed by atoms with Gasteiger partial charge >= 0.3 is 0 Å². The Labute approximate surface area is 434 Å². The largest absolute Gasteiger partial charge is 0.256 e. The van der Waals surface area contributed by atoms with Gasteiger partial charge in [0.05, 0.1) is 105 Å². The van der Waals surface area contributed by atoms with Crippen molar-refractivity contribution in [2.24, 2.45) is 0 Å². The number of nitriles is 3. The number of thiazole rings is 5. The van der Waals surface area contributed by atoms with Crippen molar-refractivity contribution in [3.05, 3.63) is 156 Å². The molecule has 5 aromatic heterocycles. The van der Waals surface area contributed by atoms with Gasteiger partial charge in [-0.2, -0.15) is 15.8 Å². The number of hydrogen-bond acceptors (Lipinski definition) is 13. The van der Waals surface area contributed by atoms with Gasteiger partial charge in [0.25, 0.3) is 0 Å². The lowest BCUT2D eigenvalue weighted by atomic mass is 10.1. The van der Waals surface area contributed by atoms with E-state index in [2.05, 4.69) is 58.9 Å². The molecule has 10 aromatic rings. The lowest BCUT2D eigenvalue weighted by molar-refractivity contribution is 1.40. The van der Waals surface area contributed by atoms with Crippen LogP contribution >= 0.6 is 56.7 Å². The van der Waals surface area contributed by atoms with Crippen LogP contribution in [0, 0.1) is 81.8 Å². The molecule has 0 N–H and O–H groups in total. The number of fused-ring (bicyclic) bond motifs is 5. The first-order valence-corrected chi connectivity index (χ1v) is 27.1. The van der Waals surface area contributed by atoms with Crippen molar-refractivity contribution < 1.29 is 0 Å². The third kappa shape index (κ3) is 16.6. The van der Waals surface area contributed by atoms with Gasteiger partial charge in [0.15, 0.2) is 0 Å². The van der Waals surface area contributed by atoms with E-state index in [1.54, 1.807) is 61.6 Å². The smallest absolute Gasteiger partial charge is 0.216 e. The minimum atomic E-state index is 0.659. The Kier molecular flexibility index (Phi) is 29.2. The highest BCUT2D eigenvalue weighted by molar-refractivity contribution is 7.18. The summed E-state index contributed by atoms with van der Waals surface area (Å²) in [5.74, 6) is 0. The topological polar surface area (TPSA) is 145 Å². The summed E-state index contributed by atoms with van der Waals surface area (Å²) < 4.78 is 5.25. The van der Waals surface area contributed by atoms with E-state index in [-0.39, 0.29) is 0 Å². The highest BCUT2D eigenvalue weighted by Crippen LogP contribution is 2.31. The number of hydrogen-bond donors (Lipinski definition) is 0. The second kappa shape index (κ2) is 33.5. The quantitative estimate of drug-likeness (QED) is 0.137. The van der Waals surface area contributed by atoms with Gasteiger partial charge in [-0.25, -0.2) is 24.6 Å². The number of rotatable bonds is 0. The highest BCUT2D eigenvalue weighted by Gasteiger charge is 2.08. The average Bonchev–Trinajstić information content (AvgIpc) is 4.29. The predicted molar refractivity (Wildman–Crippen MR) is 305 cm³/mol. The van der Waals surface area contributed by atoms with E-state index >= 15 is 0 Å². The number of nitrogens with zero attached hydrogens (tertiary/aromatic N) is 10. The van der Waals surface area contributed by atoms with Crippen LogP contribution in [0.4, 0.5) is 11.4 Å². The van der Waals surface area contributed by atoms with Crippen LogP contribution in [0.15, 0.2) is 88.2 Å². The lowest BCUT2D eigenvalue weighted by Gasteiger charge is -1.95. The second-order valence-corrected chi connectivity index (χ2v) is 17.3. The monoisotopic (exact) mass is 1020 g/mol. The minimum absolute atomic E-state index is 0.659. The molecule has 0 atom stereocenters. The molecule has 0 unspecified atom stereocenters. The zero-order valence-corrected chi connectivity index (χ0v) is 46.8. The van der Waals surface area contributed by atoms with E-state index in [0.717, 1.165) is 95.6 Å². The molecule has 10 nitrogen and oxygen atoms in total. The van der Waals surface area contributed by atoms with Gasteiger partial charge in [-0.1, -0.05) is 93.0 Å². The summed E-state index contributed by atoms with van der Waals surface area (Å²) >= 11 is 7.74. The molecule has 0 aliphatic rings. The normalized spacial score (nSPS) is 9.00. The zero-order chi connectivity index (χ0) is 52.8.